The van der Waals surface area contributed by atoms with Crippen LogP contribution >= 0.6 is 15.9 Å². The lowest BCUT2D eigenvalue weighted by molar-refractivity contribution is 0.507. The number of nitrogen functional groups attached to an aromatic ring is 1. The fraction of sp³-hybridized carbons (Fsp3) is 0.0909. The van der Waals surface area contributed by atoms with E-state index < -0.39 is 11.6 Å². The van der Waals surface area contributed by atoms with Crippen LogP contribution in [0.1, 0.15) is 5.56 Å². The number of anilines is 2. The maximum Gasteiger partial charge on any atom is 0.239 e. The number of benzene rings is 1. The van der Waals surface area contributed by atoms with Crippen LogP contribution in [0.15, 0.2) is 28.9 Å². The molecule has 2 aromatic rings. The quantitative estimate of drug-likeness (QED) is 0.593. The highest BCUT2D eigenvalue weighted by molar-refractivity contribution is 9.10. The van der Waals surface area contributed by atoms with Gasteiger partial charge in [-0.05, 0) is 33.6 Å². The summed E-state index contributed by atoms with van der Waals surface area (Å²) in [6, 6.07) is 3.69. The summed E-state index contributed by atoms with van der Waals surface area (Å²) in [5.41, 5.74) is 2.91. The number of hydrazine groups is 1. The molecule has 0 aliphatic carbocycles. The van der Waals surface area contributed by atoms with Gasteiger partial charge in [0.1, 0.15) is 5.82 Å². The van der Waals surface area contributed by atoms with E-state index in [2.05, 4.69) is 36.6 Å². The average Bonchev–Trinajstić information content (AvgIpc) is 2.41. The van der Waals surface area contributed by atoms with E-state index in [-0.39, 0.29) is 12.5 Å². The van der Waals surface area contributed by atoms with Gasteiger partial charge in [-0.3, -0.25) is 5.43 Å². The zero-order valence-electron chi connectivity index (χ0n) is 9.62. The van der Waals surface area contributed by atoms with Crippen LogP contribution in [0.4, 0.5) is 20.5 Å². The van der Waals surface area contributed by atoms with Gasteiger partial charge in [0.2, 0.25) is 5.95 Å². The van der Waals surface area contributed by atoms with Crippen LogP contribution in [0.2, 0.25) is 0 Å². The second-order valence-corrected chi connectivity index (χ2v) is 4.49. The third kappa shape index (κ3) is 3.36. The van der Waals surface area contributed by atoms with Crippen molar-refractivity contribution in [3.05, 3.63) is 46.1 Å². The smallest absolute Gasteiger partial charge is 0.239 e. The number of nitrogens with two attached hydrogens (primary N) is 1. The zero-order chi connectivity index (χ0) is 13.8. The van der Waals surface area contributed by atoms with Crippen molar-refractivity contribution in [2.75, 3.05) is 10.7 Å². The normalized spacial score (nSPS) is 10.3. The van der Waals surface area contributed by atoms with Crippen molar-refractivity contribution in [1.29, 1.82) is 0 Å². The van der Waals surface area contributed by atoms with E-state index >= 15 is 0 Å². The molecular weight excluding hydrogens is 320 g/mol. The highest BCUT2D eigenvalue weighted by Gasteiger charge is 2.06. The Bertz CT molecular complexity index is 593. The monoisotopic (exact) mass is 329 g/mol. The van der Waals surface area contributed by atoms with Crippen LogP contribution in [-0.4, -0.2) is 9.97 Å². The summed E-state index contributed by atoms with van der Waals surface area (Å²) in [6.45, 7) is 0.289. The molecule has 4 N–H and O–H groups in total. The summed E-state index contributed by atoms with van der Waals surface area (Å²) in [7, 11) is 0. The minimum Gasteiger partial charge on any atom is -0.365 e. The number of nitrogens with zero attached hydrogens (tertiary/aromatic N) is 2. The first kappa shape index (κ1) is 13.6. The van der Waals surface area contributed by atoms with Crippen molar-refractivity contribution in [2.24, 2.45) is 5.84 Å². The first-order valence-electron chi connectivity index (χ1n) is 5.27. The van der Waals surface area contributed by atoms with E-state index in [0.717, 1.165) is 12.1 Å². The van der Waals surface area contributed by atoms with Gasteiger partial charge in [-0.1, -0.05) is 6.07 Å². The molecule has 8 heteroatoms. The SMILES string of the molecule is NNc1ncc(Br)c(NCc2ccc(F)c(F)c2)n1. The Morgan fingerprint density at radius 2 is 2.05 bits per heavy atom. The molecule has 1 heterocycles. The Kier molecular flexibility index (Phi) is 4.23. The molecule has 0 fully saturated rings. The summed E-state index contributed by atoms with van der Waals surface area (Å²) in [4.78, 5) is 7.97. The van der Waals surface area contributed by atoms with E-state index in [1.165, 1.54) is 12.3 Å². The predicted molar refractivity (Wildman–Crippen MR) is 71.2 cm³/mol. The maximum absolute atomic E-state index is 13.0. The Labute approximate surface area is 116 Å². The number of rotatable bonds is 4. The Hall–Kier alpha value is -1.80. The summed E-state index contributed by atoms with van der Waals surface area (Å²) in [5, 5.41) is 2.97. The largest absolute Gasteiger partial charge is 0.365 e. The van der Waals surface area contributed by atoms with Gasteiger partial charge in [-0.15, -0.1) is 0 Å². The number of hydrogen-bond donors (Lipinski definition) is 3. The number of hydrogen-bond acceptors (Lipinski definition) is 5. The molecule has 0 spiro atoms. The third-order valence-corrected chi connectivity index (χ3v) is 2.90. The molecular formula is C11H10BrF2N5. The summed E-state index contributed by atoms with van der Waals surface area (Å²) in [5.74, 6) is 4.19. The zero-order valence-corrected chi connectivity index (χ0v) is 11.2. The maximum atomic E-state index is 13.0. The van der Waals surface area contributed by atoms with Gasteiger partial charge in [0.05, 0.1) is 4.47 Å². The number of halogens is 3. The fourth-order valence-electron chi connectivity index (χ4n) is 1.40. The molecule has 19 heavy (non-hydrogen) atoms. The van der Waals surface area contributed by atoms with Gasteiger partial charge in [0, 0.05) is 12.7 Å². The molecule has 0 aliphatic heterocycles. The van der Waals surface area contributed by atoms with Crippen LogP contribution < -0.4 is 16.6 Å². The van der Waals surface area contributed by atoms with Crippen LogP contribution in [0, 0.1) is 11.6 Å². The summed E-state index contributed by atoms with van der Waals surface area (Å²) < 4.78 is 26.5. The van der Waals surface area contributed by atoms with Crippen molar-refractivity contribution in [2.45, 2.75) is 6.54 Å². The average molecular weight is 330 g/mol. The first-order valence-corrected chi connectivity index (χ1v) is 6.06. The lowest BCUT2D eigenvalue weighted by Gasteiger charge is -2.09. The van der Waals surface area contributed by atoms with Crippen LogP contribution in [0.3, 0.4) is 0 Å². The summed E-state index contributed by atoms with van der Waals surface area (Å²) >= 11 is 3.27. The standard InChI is InChI=1S/C11H10BrF2N5/c12-7-5-17-11(19-15)18-10(7)16-4-6-1-2-8(13)9(14)3-6/h1-3,5H,4,15H2,(H2,16,17,18,19). The fourth-order valence-corrected chi connectivity index (χ4v) is 1.73. The Morgan fingerprint density at radius 1 is 1.26 bits per heavy atom. The van der Waals surface area contributed by atoms with Crippen molar-refractivity contribution in [3.8, 4) is 0 Å². The predicted octanol–water partition coefficient (Wildman–Crippen LogP) is 2.42. The second-order valence-electron chi connectivity index (χ2n) is 3.64. The van der Waals surface area contributed by atoms with Gasteiger partial charge < -0.3 is 5.32 Å². The summed E-state index contributed by atoms with van der Waals surface area (Å²) in [6.07, 6.45) is 1.52. The minimum atomic E-state index is -0.884. The van der Waals surface area contributed by atoms with Crippen molar-refractivity contribution in [3.63, 3.8) is 0 Å². The second kappa shape index (κ2) is 5.89. The van der Waals surface area contributed by atoms with E-state index in [0.29, 0.717) is 15.9 Å². The van der Waals surface area contributed by atoms with Crippen LogP contribution in [0.5, 0.6) is 0 Å². The molecule has 0 aliphatic rings. The topological polar surface area (TPSA) is 75.9 Å². The van der Waals surface area contributed by atoms with E-state index in [4.69, 9.17) is 5.84 Å². The molecule has 0 saturated carbocycles. The Balaban J connectivity index is 2.11. The van der Waals surface area contributed by atoms with E-state index in [1.807, 2.05) is 0 Å². The molecule has 1 aromatic carbocycles. The molecule has 5 nitrogen and oxygen atoms in total. The highest BCUT2D eigenvalue weighted by atomic mass is 79.9. The highest BCUT2D eigenvalue weighted by Crippen LogP contribution is 2.20. The lowest BCUT2D eigenvalue weighted by atomic mass is 10.2. The Morgan fingerprint density at radius 3 is 2.74 bits per heavy atom. The molecule has 2 rings (SSSR count). The van der Waals surface area contributed by atoms with Crippen molar-refractivity contribution < 1.29 is 8.78 Å². The van der Waals surface area contributed by atoms with E-state index in [1.54, 1.807) is 0 Å². The van der Waals surface area contributed by atoms with Crippen molar-refractivity contribution >= 4 is 27.7 Å². The molecule has 0 saturated heterocycles. The van der Waals surface area contributed by atoms with Gasteiger partial charge in [0.25, 0.3) is 0 Å². The third-order valence-electron chi connectivity index (χ3n) is 2.32. The van der Waals surface area contributed by atoms with E-state index in [9.17, 15) is 8.78 Å². The molecule has 0 unspecified atom stereocenters. The number of nitrogens with one attached hydrogen (secondary N) is 2. The molecule has 0 bridgehead atoms. The first-order chi connectivity index (χ1) is 9.10. The van der Waals surface area contributed by atoms with Gasteiger partial charge in [-0.2, -0.15) is 4.98 Å². The molecule has 0 amide bonds. The lowest BCUT2D eigenvalue weighted by Crippen LogP contribution is -2.12. The van der Waals surface area contributed by atoms with Crippen LogP contribution in [-0.2, 0) is 6.54 Å². The molecule has 0 radical (unpaired) electrons. The molecule has 1 aromatic heterocycles. The van der Waals surface area contributed by atoms with Gasteiger partial charge in [0.15, 0.2) is 11.6 Å². The molecule has 0 atom stereocenters. The van der Waals surface area contributed by atoms with Crippen molar-refractivity contribution in [1.82, 2.24) is 9.97 Å². The molecule has 100 valence electrons. The number of aromatic nitrogens is 2. The van der Waals surface area contributed by atoms with Gasteiger partial charge >= 0.3 is 0 Å². The van der Waals surface area contributed by atoms with Crippen LogP contribution in [0.25, 0.3) is 0 Å². The minimum absolute atomic E-state index is 0.246. The van der Waals surface area contributed by atoms with Gasteiger partial charge in [-0.25, -0.2) is 19.6 Å².